The predicted octanol–water partition coefficient (Wildman–Crippen LogP) is 3.90. The van der Waals surface area contributed by atoms with E-state index < -0.39 is 11.4 Å². The number of ether oxygens (including phenoxy) is 1. The number of hydrogen-bond acceptors (Lipinski definition) is 5. The lowest BCUT2D eigenvalue weighted by atomic mass is 10.1. The van der Waals surface area contributed by atoms with Crippen LogP contribution in [0.1, 0.15) is 12.6 Å². The fourth-order valence-corrected chi connectivity index (χ4v) is 4.02. The number of aryl methyl sites for hydroxylation is 1. The molecule has 0 spiro atoms. The SMILES string of the molecule is CC(=O)Oc1cc(Br)c(=O)c2c(O)c3c(Br)ccc4c(C)nn(c12)c43. The van der Waals surface area contributed by atoms with E-state index in [1.165, 1.54) is 13.0 Å². The first-order valence-corrected chi connectivity index (χ1v) is 8.86. The van der Waals surface area contributed by atoms with Crippen molar-refractivity contribution >= 4 is 65.0 Å². The molecular weight excluding hydrogens is 456 g/mol. The van der Waals surface area contributed by atoms with Gasteiger partial charge in [-0.05, 0) is 50.9 Å². The molecule has 8 heteroatoms. The maximum Gasteiger partial charge on any atom is 0.308 e. The van der Waals surface area contributed by atoms with Gasteiger partial charge >= 0.3 is 5.97 Å². The number of fused-ring (bicyclic) bond motifs is 2. The van der Waals surface area contributed by atoms with E-state index in [0.29, 0.717) is 15.4 Å². The van der Waals surface area contributed by atoms with E-state index in [9.17, 15) is 14.7 Å². The summed E-state index contributed by atoms with van der Waals surface area (Å²) in [6, 6.07) is 5.09. The van der Waals surface area contributed by atoms with E-state index in [4.69, 9.17) is 4.74 Å². The molecule has 0 radical (unpaired) electrons. The van der Waals surface area contributed by atoms with Crippen LogP contribution in [-0.4, -0.2) is 20.7 Å². The molecule has 25 heavy (non-hydrogen) atoms. The Morgan fingerprint density at radius 2 is 1.92 bits per heavy atom. The molecule has 0 aliphatic heterocycles. The Morgan fingerprint density at radius 3 is 2.60 bits per heavy atom. The molecule has 0 amide bonds. The van der Waals surface area contributed by atoms with Crippen molar-refractivity contribution in [2.75, 3.05) is 0 Å². The molecule has 0 unspecified atom stereocenters. The van der Waals surface area contributed by atoms with E-state index in [0.717, 1.165) is 11.1 Å². The monoisotopic (exact) mass is 464 g/mol. The summed E-state index contributed by atoms with van der Waals surface area (Å²) in [5.74, 6) is -0.567. The average Bonchev–Trinajstić information content (AvgIpc) is 2.86. The number of halogens is 2. The van der Waals surface area contributed by atoms with Crippen LogP contribution in [0.4, 0.5) is 0 Å². The second-order valence-electron chi connectivity index (χ2n) is 5.67. The van der Waals surface area contributed by atoms with Crippen LogP contribution in [0.5, 0.6) is 11.5 Å². The molecule has 4 aromatic rings. The Hall–Kier alpha value is -2.19. The number of pyridine rings is 1. The van der Waals surface area contributed by atoms with Crippen molar-refractivity contribution in [3.05, 3.63) is 43.1 Å². The molecule has 0 saturated carbocycles. The highest BCUT2D eigenvalue weighted by Gasteiger charge is 2.24. The van der Waals surface area contributed by atoms with Crippen molar-refractivity contribution < 1.29 is 14.6 Å². The molecule has 126 valence electrons. The minimum absolute atomic E-state index is 0.0365. The number of rotatable bonds is 1. The second-order valence-corrected chi connectivity index (χ2v) is 7.38. The Kier molecular flexibility index (Phi) is 3.52. The lowest BCUT2D eigenvalue weighted by Gasteiger charge is -2.13. The number of hydrogen-bond donors (Lipinski definition) is 1. The molecule has 0 aliphatic rings. The summed E-state index contributed by atoms with van der Waals surface area (Å²) >= 11 is 6.60. The van der Waals surface area contributed by atoms with Gasteiger partial charge in [-0.25, -0.2) is 4.52 Å². The van der Waals surface area contributed by atoms with Gasteiger partial charge < -0.3 is 9.84 Å². The Bertz CT molecular complexity index is 1260. The fraction of sp³-hybridized carbons (Fsp3) is 0.118. The van der Waals surface area contributed by atoms with Crippen molar-refractivity contribution in [3.63, 3.8) is 0 Å². The van der Waals surface area contributed by atoms with E-state index >= 15 is 0 Å². The zero-order valence-corrected chi connectivity index (χ0v) is 16.2. The maximum atomic E-state index is 12.7. The third kappa shape index (κ3) is 2.17. The van der Waals surface area contributed by atoms with Gasteiger partial charge in [-0.1, -0.05) is 0 Å². The molecular formula is C17H10Br2N2O4. The Labute approximate surface area is 157 Å². The normalized spacial score (nSPS) is 11.7. The highest BCUT2D eigenvalue weighted by Crippen LogP contribution is 2.42. The molecule has 0 aliphatic carbocycles. The first-order valence-electron chi connectivity index (χ1n) is 7.28. The first-order chi connectivity index (χ1) is 11.8. The highest BCUT2D eigenvalue weighted by atomic mass is 79.9. The third-order valence-corrected chi connectivity index (χ3v) is 5.34. The predicted molar refractivity (Wildman–Crippen MR) is 101 cm³/mol. The quantitative estimate of drug-likeness (QED) is 0.262. The zero-order chi connectivity index (χ0) is 18.0. The van der Waals surface area contributed by atoms with Gasteiger partial charge in [0.1, 0.15) is 11.3 Å². The van der Waals surface area contributed by atoms with Crippen LogP contribution in [0.15, 0.2) is 31.9 Å². The maximum absolute atomic E-state index is 12.7. The molecule has 0 fully saturated rings. The van der Waals surface area contributed by atoms with Crippen molar-refractivity contribution in [1.29, 1.82) is 0 Å². The van der Waals surface area contributed by atoms with Gasteiger partial charge in [0.25, 0.3) is 0 Å². The summed E-state index contributed by atoms with van der Waals surface area (Å²) in [7, 11) is 0. The van der Waals surface area contributed by atoms with Crippen molar-refractivity contribution in [3.8, 4) is 11.5 Å². The third-order valence-electron chi connectivity index (χ3n) is 4.09. The van der Waals surface area contributed by atoms with Crippen LogP contribution in [0, 0.1) is 6.92 Å². The second kappa shape index (κ2) is 5.40. The molecule has 0 bridgehead atoms. The standard InChI is InChI=1S/C17H10Br2N2O4/c1-6-8-3-4-9(18)12-14(8)21(20-6)15-11(25-7(2)22)5-10(19)16(23)13(15)17(12)24/h3-5,24H,1-2H3. The smallest absolute Gasteiger partial charge is 0.308 e. The number of aromatic hydroxyl groups is 1. The minimum atomic E-state index is -0.535. The van der Waals surface area contributed by atoms with E-state index in [-0.39, 0.29) is 26.9 Å². The molecule has 2 aromatic heterocycles. The van der Waals surface area contributed by atoms with Crippen molar-refractivity contribution in [2.24, 2.45) is 0 Å². The molecule has 0 saturated heterocycles. The summed E-state index contributed by atoms with van der Waals surface area (Å²) in [4.78, 5) is 24.2. The number of aromatic nitrogens is 2. The van der Waals surface area contributed by atoms with Gasteiger partial charge in [0.15, 0.2) is 5.75 Å². The Morgan fingerprint density at radius 1 is 1.20 bits per heavy atom. The van der Waals surface area contributed by atoms with E-state index in [2.05, 4.69) is 37.0 Å². The average molecular weight is 466 g/mol. The van der Waals surface area contributed by atoms with Crippen LogP contribution in [0.3, 0.4) is 0 Å². The number of benzene rings is 2. The van der Waals surface area contributed by atoms with E-state index in [1.807, 2.05) is 13.0 Å². The van der Waals surface area contributed by atoms with Gasteiger partial charge in [-0.15, -0.1) is 0 Å². The van der Waals surface area contributed by atoms with Gasteiger partial charge in [-0.2, -0.15) is 5.10 Å². The molecule has 2 heterocycles. The van der Waals surface area contributed by atoms with Gasteiger partial charge in [-0.3, -0.25) is 9.59 Å². The van der Waals surface area contributed by atoms with Crippen molar-refractivity contribution in [2.45, 2.75) is 13.8 Å². The van der Waals surface area contributed by atoms with Crippen LogP contribution in [0.25, 0.3) is 27.2 Å². The summed E-state index contributed by atoms with van der Waals surface area (Å²) in [5, 5.41) is 16.7. The minimum Gasteiger partial charge on any atom is -0.506 e. The molecule has 0 atom stereocenters. The van der Waals surface area contributed by atoms with Crippen LogP contribution in [-0.2, 0) is 4.79 Å². The number of esters is 1. The summed E-state index contributed by atoms with van der Waals surface area (Å²) in [6.07, 6.45) is 0. The summed E-state index contributed by atoms with van der Waals surface area (Å²) in [5.41, 5.74) is 1.22. The summed E-state index contributed by atoms with van der Waals surface area (Å²) < 4.78 is 7.65. The summed E-state index contributed by atoms with van der Waals surface area (Å²) in [6.45, 7) is 3.10. The number of nitrogens with zero attached hydrogens (tertiary/aromatic N) is 2. The lowest BCUT2D eigenvalue weighted by molar-refractivity contribution is -0.131. The van der Waals surface area contributed by atoms with Crippen LogP contribution in [0.2, 0.25) is 0 Å². The molecule has 2 aromatic carbocycles. The van der Waals surface area contributed by atoms with E-state index in [1.54, 1.807) is 10.6 Å². The van der Waals surface area contributed by atoms with Gasteiger partial charge in [0.2, 0.25) is 5.43 Å². The largest absolute Gasteiger partial charge is 0.506 e. The molecule has 1 N–H and O–H groups in total. The molecule has 6 nitrogen and oxygen atoms in total. The number of carbonyl (C=O) groups is 1. The van der Waals surface area contributed by atoms with Crippen LogP contribution < -0.4 is 10.2 Å². The van der Waals surface area contributed by atoms with Gasteiger partial charge in [0.05, 0.1) is 26.5 Å². The highest BCUT2D eigenvalue weighted by molar-refractivity contribution is 9.11. The lowest BCUT2D eigenvalue weighted by Crippen LogP contribution is -2.10. The molecule has 4 rings (SSSR count). The zero-order valence-electron chi connectivity index (χ0n) is 13.1. The number of carbonyl (C=O) groups excluding carboxylic acids is 1. The fourth-order valence-electron chi connectivity index (χ4n) is 3.11. The van der Waals surface area contributed by atoms with Gasteiger partial charge in [0, 0.05) is 22.8 Å². The first kappa shape index (κ1) is 16.3. The topological polar surface area (TPSA) is 80.9 Å². The van der Waals surface area contributed by atoms with Crippen LogP contribution >= 0.6 is 31.9 Å². The van der Waals surface area contributed by atoms with Crippen molar-refractivity contribution in [1.82, 2.24) is 9.61 Å². The Balaban J connectivity index is 2.41.